The third-order valence-electron chi connectivity index (χ3n) is 3.05. The number of halogens is 1. The van der Waals surface area contributed by atoms with Crippen molar-refractivity contribution in [1.29, 1.82) is 0 Å². The van der Waals surface area contributed by atoms with Crippen LogP contribution in [0, 0.1) is 6.92 Å². The van der Waals surface area contributed by atoms with Gasteiger partial charge in [0, 0.05) is 17.1 Å². The summed E-state index contributed by atoms with van der Waals surface area (Å²) in [6.45, 7) is 2.46. The summed E-state index contributed by atoms with van der Waals surface area (Å²) in [5, 5.41) is 0.667. The van der Waals surface area contributed by atoms with E-state index in [9.17, 15) is 0 Å². The topological polar surface area (TPSA) is 52.0 Å². The quantitative estimate of drug-likeness (QED) is 0.769. The summed E-state index contributed by atoms with van der Waals surface area (Å²) in [5.74, 6) is 0.593. The van der Waals surface area contributed by atoms with Gasteiger partial charge < -0.3 is 10.2 Å². The highest BCUT2D eigenvalue weighted by molar-refractivity contribution is 6.31. The highest BCUT2D eigenvalue weighted by Gasteiger charge is 2.11. The van der Waals surface area contributed by atoms with Crippen LogP contribution in [0.4, 0.5) is 0 Å². The molecule has 0 saturated heterocycles. The number of rotatable bonds is 2. The molecule has 0 aliphatic carbocycles. The van der Waals surface area contributed by atoms with Crippen LogP contribution in [0.5, 0.6) is 0 Å². The molecule has 96 valence electrons. The van der Waals surface area contributed by atoms with E-state index in [1.807, 2.05) is 43.3 Å². The number of hydrogen-bond acceptors (Lipinski definition) is 3. The van der Waals surface area contributed by atoms with Crippen LogP contribution in [0.25, 0.3) is 22.6 Å². The lowest BCUT2D eigenvalue weighted by Crippen LogP contribution is -1.95. The monoisotopic (exact) mass is 272 g/mol. The maximum Gasteiger partial charge on any atom is 0.227 e. The maximum atomic E-state index is 6.03. The summed E-state index contributed by atoms with van der Waals surface area (Å²) in [5.41, 5.74) is 10.2. The number of nitrogens with zero attached hydrogens (tertiary/aromatic N) is 1. The number of fused-ring (bicyclic) bond motifs is 1. The number of benzene rings is 2. The number of oxazole rings is 1. The van der Waals surface area contributed by atoms with E-state index in [4.69, 9.17) is 21.8 Å². The fourth-order valence-electron chi connectivity index (χ4n) is 2.11. The van der Waals surface area contributed by atoms with Gasteiger partial charge in [-0.2, -0.15) is 0 Å². The summed E-state index contributed by atoms with van der Waals surface area (Å²) >= 11 is 6.03. The van der Waals surface area contributed by atoms with Crippen LogP contribution in [-0.2, 0) is 6.54 Å². The van der Waals surface area contributed by atoms with Gasteiger partial charge in [0.25, 0.3) is 0 Å². The van der Waals surface area contributed by atoms with Gasteiger partial charge in [0.05, 0.1) is 0 Å². The molecule has 0 bridgehead atoms. The maximum absolute atomic E-state index is 6.03. The smallest absolute Gasteiger partial charge is 0.227 e. The van der Waals surface area contributed by atoms with Crippen molar-refractivity contribution < 1.29 is 4.42 Å². The third-order valence-corrected chi connectivity index (χ3v) is 3.27. The Bertz CT molecular complexity index is 749. The summed E-state index contributed by atoms with van der Waals surface area (Å²) in [7, 11) is 0. The van der Waals surface area contributed by atoms with E-state index in [-0.39, 0.29) is 0 Å². The average Bonchev–Trinajstić information content (AvgIpc) is 2.83. The highest BCUT2D eigenvalue weighted by atomic mass is 35.5. The van der Waals surface area contributed by atoms with Gasteiger partial charge >= 0.3 is 0 Å². The molecule has 19 heavy (non-hydrogen) atoms. The van der Waals surface area contributed by atoms with Crippen LogP contribution in [0.2, 0.25) is 5.02 Å². The molecule has 0 aliphatic heterocycles. The molecule has 0 saturated carbocycles. The van der Waals surface area contributed by atoms with Gasteiger partial charge in [-0.25, -0.2) is 4.98 Å². The van der Waals surface area contributed by atoms with Crippen LogP contribution in [0.3, 0.4) is 0 Å². The Morgan fingerprint density at radius 1 is 1.26 bits per heavy atom. The lowest BCUT2D eigenvalue weighted by molar-refractivity contribution is 0.617. The SMILES string of the molecule is Cc1cc(Cl)cc2nc(-c3cccc(CN)c3)oc12. The van der Waals surface area contributed by atoms with Crippen molar-refractivity contribution in [1.82, 2.24) is 4.98 Å². The predicted molar refractivity (Wildman–Crippen MR) is 77.1 cm³/mol. The van der Waals surface area contributed by atoms with Crippen LogP contribution in [0.1, 0.15) is 11.1 Å². The Hall–Kier alpha value is -1.84. The largest absolute Gasteiger partial charge is 0.436 e. The van der Waals surface area contributed by atoms with Crippen LogP contribution in [0.15, 0.2) is 40.8 Å². The molecule has 2 aromatic carbocycles. The molecule has 0 amide bonds. The van der Waals surface area contributed by atoms with E-state index < -0.39 is 0 Å². The zero-order chi connectivity index (χ0) is 13.4. The first kappa shape index (κ1) is 12.2. The fourth-order valence-corrected chi connectivity index (χ4v) is 2.38. The molecule has 4 heteroatoms. The molecule has 1 heterocycles. The Morgan fingerprint density at radius 2 is 2.11 bits per heavy atom. The fraction of sp³-hybridized carbons (Fsp3) is 0.133. The number of nitrogens with two attached hydrogens (primary N) is 1. The molecule has 3 aromatic rings. The van der Waals surface area contributed by atoms with Gasteiger partial charge in [-0.1, -0.05) is 23.7 Å². The Labute approximate surface area is 116 Å². The Balaban J connectivity index is 2.17. The van der Waals surface area contributed by atoms with Crippen molar-refractivity contribution in [3.63, 3.8) is 0 Å². The minimum Gasteiger partial charge on any atom is -0.436 e. The summed E-state index contributed by atoms with van der Waals surface area (Å²) in [4.78, 5) is 4.49. The molecule has 1 aromatic heterocycles. The van der Waals surface area contributed by atoms with E-state index in [1.165, 1.54) is 0 Å². The summed E-state index contributed by atoms with van der Waals surface area (Å²) < 4.78 is 5.83. The minimum absolute atomic E-state index is 0.499. The molecule has 3 rings (SSSR count). The summed E-state index contributed by atoms with van der Waals surface area (Å²) in [6, 6.07) is 11.6. The van der Waals surface area contributed by atoms with E-state index in [2.05, 4.69) is 4.98 Å². The van der Waals surface area contributed by atoms with Crippen LogP contribution < -0.4 is 5.73 Å². The molecular formula is C15H13ClN2O. The van der Waals surface area contributed by atoms with Crippen molar-refractivity contribution in [2.75, 3.05) is 0 Å². The van der Waals surface area contributed by atoms with Gasteiger partial charge in [0.2, 0.25) is 5.89 Å². The normalized spacial score (nSPS) is 11.1. The number of aromatic nitrogens is 1. The summed E-state index contributed by atoms with van der Waals surface area (Å²) in [6.07, 6.45) is 0. The molecular weight excluding hydrogens is 260 g/mol. The van der Waals surface area contributed by atoms with Gasteiger partial charge in [0.15, 0.2) is 5.58 Å². The second-order valence-corrected chi connectivity index (χ2v) is 4.93. The Kier molecular flexibility index (Phi) is 3.01. The van der Waals surface area contributed by atoms with Crippen molar-refractivity contribution in [3.05, 3.63) is 52.5 Å². The zero-order valence-electron chi connectivity index (χ0n) is 10.5. The molecule has 0 fully saturated rings. The molecule has 0 spiro atoms. The van der Waals surface area contributed by atoms with Crippen molar-refractivity contribution in [2.24, 2.45) is 5.73 Å². The molecule has 2 N–H and O–H groups in total. The van der Waals surface area contributed by atoms with Gasteiger partial charge in [-0.05, 0) is 42.3 Å². The first-order chi connectivity index (χ1) is 9.17. The first-order valence-corrected chi connectivity index (χ1v) is 6.41. The Morgan fingerprint density at radius 3 is 2.89 bits per heavy atom. The number of aryl methyl sites for hydroxylation is 1. The van der Waals surface area contributed by atoms with Crippen molar-refractivity contribution >= 4 is 22.7 Å². The second-order valence-electron chi connectivity index (χ2n) is 4.49. The molecule has 0 radical (unpaired) electrons. The standard InChI is InChI=1S/C15H13ClN2O/c1-9-5-12(16)7-13-14(9)19-15(18-13)11-4-2-3-10(6-11)8-17/h2-7H,8,17H2,1H3. The average molecular weight is 273 g/mol. The van der Waals surface area contributed by atoms with E-state index >= 15 is 0 Å². The van der Waals surface area contributed by atoms with Gasteiger partial charge in [0.1, 0.15) is 5.52 Å². The first-order valence-electron chi connectivity index (χ1n) is 6.03. The molecule has 0 aliphatic rings. The minimum atomic E-state index is 0.499. The lowest BCUT2D eigenvalue weighted by Gasteiger charge is -1.98. The molecule has 0 unspecified atom stereocenters. The predicted octanol–water partition coefficient (Wildman–Crippen LogP) is 3.92. The van der Waals surface area contributed by atoms with Crippen LogP contribution in [-0.4, -0.2) is 4.98 Å². The zero-order valence-corrected chi connectivity index (χ0v) is 11.2. The van der Waals surface area contributed by atoms with E-state index in [0.717, 1.165) is 27.8 Å². The highest BCUT2D eigenvalue weighted by Crippen LogP contribution is 2.29. The molecule has 3 nitrogen and oxygen atoms in total. The van der Waals surface area contributed by atoms with Crippen molar-refractivity contribution in [2.45, 2.75) is 13.5 Å². The number of hydrogen-bond donors (Lipinski definition) is 1. The van der Waals surface area contributed by atoms with Crippen molar-refractivity contribution in [3.8, 4) is 11.5 Å². The van der Waals surface area contributed by atoms with E-state index in [0.29, 0.717) is 17.5 Å². The lowest BCUT2D eigenvalue weighted by atomic mass is 10.1. The third kappa shape index (κ3) is 2.23. The van der Waals surface area contributed by atoms with Gasteiger partial charge in [-0.15, -0.1) is 0 Å². The molecule has 0 atom stereocenters. The van der Waals surface area contributed by atoms with Gasteiger partial charge in [-0.3, -0.25) is 0 Å². The van der Waals surface area contributed by atoms with E-state index in [1.54, 1.807) is 0 Å². The van der Waals surface area contributed by atoms with Crippen LogP contribution >= 0.6 is 11.6 Å². The second kappa shape index (κ2) is 4.68.